The Kier molecular flexibility index (Phi) is 9.55. The maximum absolute atomic E-state index is 4.94. The molecule has 0 N–H and O–H groups in total. The molecule has 0 aromatic carbocycles. The molecule has 2 fully saturated rings. The van der Waals surface area contributed by atoms with Crippen LogP contribution in [0.4, 0.5) is 0 Å². The first kappa shape index (κ1) is 11.8. The maximum atomic E-state index is 4.94. The first-order valence-corrected chi connectivity index (χ1v) is 4.15. The Hall–Kier alpha value is 0.803. The second kappa shape index (κ2) is 8.90. The molecular weight excluding hydrogens is 219 g/mol. The molecule has 2 aliphatic heterocycles. The van der Waals surface area contributed by atoms with Gasteiger partial charge in [0.2, 0.25) is 0 Å². The van der Waals surface area contributed by atoms with Crippen LogP contribution >= 0.6 is 0 Å². The summed E-state index contributed by atoms with van der Waals surface area (Å²) in [5, 5.41) is 0. The van der Waals surface area contributed by atoms with Gasteiger partial charge in [0.1, 0.15) is 0 Å². The van der Waals surface area contributed by atoms with E-state index in [-0.39, 0.29) is 26.2 Å². The average molecular weight is 235 g/mol. The smallest absolute Gasteiger partial charge is 0.0466 e. The molecule has 2 rings (SSSR count). The third-order valence-corrected chi connectivity index (χ3v) is 1.65. The van der Waals surface area contributed by atoms with Crippen LogP contribution in [0.3, 0.4) is 0 Å². The predicted molar refractivity (Wildman–Crippen MR) is 40.1 cm³/mol. The maximum Gasteiger partial charge on any atom is 0.0466 e. The van der Waals surface area contributed by atoms with Crippen LogP contribution in [0.5, 0.6) is 0 Å². The summed E-state index contributed by atoms with van der Waals surface area (Å²) in [5.74, 6) is 0. The summed E-state index contributed by atoms with van der Waals surface area (Å²) in [4.78, 5) is 0. The van der Waals surface area contributed by atoms with Gasteiger partial charge in [-0.25, -0.2) is 0 Å². The minimum absolute atomic E-state index is 0. The van der Waals surface area contributed by atoms with Crippen LogP contribution in [-0.2, 0) is 35.7 Å². The van der Waals surface area contributed by atoms with E-state index in [2.05, 4.69) is 0 Å². The quantitative estimate of drug-likeness (QED) is 0.635. The van der Waals surface area contributed by atoms with Gasteiger partial charge in [0.15, 0.2) is 0 Å². The summed E-state index contributed by atoms with van der Waals surface area (Å²) in [6, 6.07) is 0. The van der Waals surface area contributed by atoms with E-state index >= 15 is 0 Å². The number of rotatable bonds is 0. The summed E-state index contributed by atoms with van der Waals surface area (Å²) >= 11 is 0. The molecule has 2 saturated heterocycles. The first-order chi connectivity index (χ1) is 5.00. The van der Waals surface area contributed by atoms with E-state index in [0.29, 0.717) is 0 Å². The molecule has 0 aliphatic carbocycles. The van der Waals surface area contributed by atoms with Crippen molar-refractivity contribution in [3.05, 3.63) is 0 Å². The van der Waals surface area contributed by atoms with Gasteiger partial charge in [-0.1, -0.05) is 0 Å². The van der Waals surface area contributed by atoms with Gasteiger partial charge in [-0.3, -0.25) is 0 Å². The SMILES string of the molecule is C1CCOC1.C1CCOC1.[Zr]. The minimum Gasteiger partial charge on any atom is -0.381 e. The van der Waals surface area contributed by atoms with Crippen LogP contribution in [0.2, 0.25) is 0 Å². The van der Waals surface area contributed by atoms with Gasteiger partial charge in [-0.05, 0) is 25.7 Å². The van der Waals surface area contributed by atoms with Crippen LogP contribution in [0.25, 0.3) is 0 Å². The Bertz CT molecular complexity index is 45.3. The number of ether oxygens (including phenoxy) is 2. The molecule has 11 heavy (non-hydrogen) atoms. The van der Waals surface area contributed by atoms with Crippen molar-refractivity contribution in [2.45, 2.75) is 25.7 Å². The van der Waals surface area contributed by atoms with Gasteiger partial charge in [-0.15, -0.1) is 0 Å². The van der Waals surface area contributed by atoms with Crippen molar-refractivity contribution in [2.24, 2.45) is 0 Å². The topological polar surface area (TPSA) is 18.5 Å². The van der Waals surface area contributed by atoms with E-state index in [0.717, 1.165) is 26.4 Å². The van der Waals surface area contributed by atoms with Crippen LogP contribution in [0.15, 0.2) is 0 Å². The number of hydrogen-bond acceptors (Lipinski definition) is 2. The normalized spacial score (nSPS) is 21.8. The van der Waals surface area contributed by atoms with Gasteiger partial charge in [0.05, 0.1) is 0 Å². The van der Waals surface area contributed by atoms with Crippen LogP contribution in [0.1, 0.15) is 25.7 Å². The zero-order chi connectivity index (χ0) is 7.07. The van der Waals surface area contributed by atoms with E-state index in [4.69, 9.17) is 9.47 Å². The van der Waals surface area contributed by atoms with Crippen molar-refractivity contribution in [3.8, 4) is 0 Å². The van der Waals surface area contributed by atoms with E-state index in [1.165, 1.54) is 25.7 Å². The van der Waals surface area contributed by atoms with Crippen LogP contribution in [-0.4, -0.2) is 26.4 Å². The molecule has 0 radical (unpaired) electrons. The summed E-state index contributed by atoms with van der Waals surface area (Å²) in [7, 11) is 0. The molecule has 0 aromatic heterocycles. The Labute approximate surface area is 87.8 Å². The molecule has 0 amide bonds. The molecule has 3 heteroatoms. The van der Waals surface area contributed by atoms with Crippen molar-refractivity contribution in [3.63, 3.8) is 0 Å². The Balaban J connectivity index is 0.000000167. The van der Waals surface area contributed by atoms with Crippen molar-refractivity contribution in [1.82, 2.24) is 0 Å². The average Bonchev–Trinajstić information content (AvgIpc) is 2.67. The number of hydrogen-bond donors (Lipinski definition) is 0. The molecule has 64 valence electrons. The predicted octanol–water partition coefficient (Wildman–Crippen LogP) is 1.59. The second-order valence-corrected chi connectivity index (χ2v) is 2.64. The van der Waals surface area contributed by atoms with E-state index in [1.54, 1.807) is 0 Å². The van der Waals surface area contributed by atoms with Gasteiger partial charge in [0.25, 0.3) is 0 Å². The van der Waals surface area contributed by atoms with E-state index in [1.807, 2.05) is 0 Å². The van der Waals surface area contributed by atoms with E-state index < -0.39 is 0 Å². The van der Waals surface area contributed by atoms with Crippen molar-refractivity contribution in [1.29, 1.82) is 0 Å². The molecule has 0 bridgehead atoms. The summed E-state index contributed by atoms with van der Waals surface area (Å²) < 4.78 is 9.89. The summed E-state index contributed by atoms with van der Waals surface area (Å²) in [6.07, 6.45) is 5.11. The molecule has 0 saturated carbocycles. The third kappa shape index (κ3) is 7.17. The monoisotopic (exact) mass is 234 g/mol. The largest absolute Gasteiger partial charge is 0.381 e. The molecule has 2 nitrogen and oxygen atoms in total. The van der Waals surface area contributed by atoms with Crippen LogP contribution in [0, 0.1) is 0 Å². The Morgan fingerprint density at radius 2 is 0.818 bits per heavy atom. The van der Waals surface area contributed by atoms with E-state index in [9.17, 15) is 0 Å². The molecule has 0 spiro atoms. The van der Waals surface area contributed by atoms with Crippen LogP contribution < -0.4 is 0 Å². The molecule has 0 aromatic rings. The van der Waals surface area contributed by atoms with Crippen molar-refractivity contribution in [2.75, 3.05) is 26.4 Å². The summed E-state index contributed by atoms with van der Waals surface area (Å²) in [5.41, 5.74) is 0. The first-order valence-electron chi connectivity index (χ1n) is 4.15. The Morgan fingerprint density at radius 3 is 0.909 bits per heavy atom. The third-order valence-electron chi connectivity index (χ3n) is 1.65. The van der Waals surface area contributed by atoms with Gasteiger partial charge in [0, 0.05) is 52.6 Å². The molecule has 2 aliphatic rings. The fourth-order valence-electron chi connectivity index (χ4n) is 1.02. The molecular formula is C8H16O2Zr. The fraction of sp³-hybridized carbons (Fsp3) is 1.00. The molecule has 2 heterocycles. The summed E-state index contributed by atoms with van der Waals surface area (Å²) in [6.45, 7) is 4.00. The van der Waals surface area contributed by atoms with Gasteiger partial charge in [-0.2, -0.15) is 0 Å². The zero-order valence-electron chi connectivity index (χ0n) is 6.97. The standard InChI is InChI=1S/2C4H8O.Zr/c2*1-2-4-5-3-1;/h2*1-4H2;. The van der Waals surface area contributed by atoms with Crippen molar-refractivity contribution < 1.29 is 35.7 Å². The second-order valence-electron chi connectivity index (χ2n) is 2.64. The minimum atomic E-state index is 0. The van der Waals surface area contributed by atoms with Gasteiger partial charge >= 0.3 is 0 Å². The molecule has 0 atom stereocenters. The Morgan fingerprint density at radius 1 is 0.545 bits per heavy atom. The molecule has 0 unspecified atom stereocenters. The van der Waals surface area contributed by atoms with Gasteiger partial charge < -0.3 is 9.47 Å². The fourth-order valence-corrected chi connectivity index (χ4v) is 1.02. The van der Waals surface area contributed by atoms with Crippen molar-refractivity contribution >= 4 is 0 Å². The zero-order valence-corrected chi connectivity index (χ0v) is 9.43.